The summed E-state index contributed by atoms with van der Waals surface area (Å²) >= 11 is 6.48. The third-order valence-electron chi connectivity index (χ3n) is 6.21. The SMILES string of the molecule is COP(=S)(OC)SCc1nc(N)nc(N)n1.C[C@H]1O[C@H](O[C@H]2[C@H](O)[C@@H](O)[C@@H](O)[C@H](O)[C@@H]2O)[C@@H](N)C[C@@H]1NC(=N)C(=O)O.Cl. The van der Waals surface area contributed by atoms with E-state index in [1.165, 1.54) is 25.6 Å². The van der Waals surface area contributed by atoms with Crippen LogP contribution < -0.4 is 22.5 Å². The minimum Gasteiger partial charge on any atom is -0.475 e. The summed E-state index contributed by atoms with van der Waals surface area (Å²) in [5.74, 6) is -1.10. The van der Waals surface area contributed by atoms with Crippen molar-refractivity contribution in [1.82, 2.24) is 20.3 Å². The Morgan fingerprint density at radius 2 is 1.56 bits per heavy atom. The number of hydrogen-bond donors (Lipinski definition) is 11. The van der Waals surface area contributed by atoms with E-state index in [1.54, 1.807) is 6.92 Å². The molecule has 0 bridgehead atoms. The summed E-state index contributed by atoms with van der Waals surface area (Å²) < 4.78 is 21.2. The third-order valence-corrected chi connectivity index (χ3v) is 11.9. The molecule has 248 valence electrons. The van der Waals surface area contributed by atoms with Crippen LogP contribution in [0.4, 0.5) is 11.9 Å². The maximum atomic E-state index is 10.7. The quantitative estimate of drug-likeness (QED) is 0.0727. The molecule has 23 heteroatoms. The number of carboxylic acid groups (broad SMARTS) is 1. The first-order chi connectivity index (χ1) is 19.5. The van der Waals surface area contributed by atoms with Crippen LogP contribution in [0.25, 0.3) is 0 Å². The summed E-state index contributed by atoms with van der Waals surface area (Å²) in [5, 5.41) is 67.6. The van der Waals surface area contributed by atoms with Gasteiger partial charge in [-0.3, -0.25) is 5.41 Å². The lowest BCUT2D eigenvalue weighted by Gasteiger charge is -2.45. The lowest BCUT2D eigenvalue weighted by molar-refractivity contribution is -0.293. The van der Waals surface area contributed by atoms with E-state index in [0.717, 1.165) is 0 Å². The van der Waals surface area contributed by atoms with Crippen molar-refractivity contribution in [2.24, 2.45) is 5.73 Å². The predicted octanol–water partition coefficient (Wildman–Crippen LogP) is -3.12. The number of ether oxygens (including phenoxy) is 2. The maximum absolute atomic E-state index is 10.7. The van der Waals surface area contributed by atoms with E-state index in [-0.39, 0.29) is 30.7 Å². The fourth-order valence-electron chi connectivity index (χ4n) is 3.91. The average Bonchev–Trinajstić information content (AvgIpc) is 2.94. The largest absolute Gasteiger partial charge is 0.475 e. The van der Waals surface area contributed by atoms with Gasteiger partial charge >= 0.3 is 5.97 Å². The van der Waals surface area contributed by atoms with Crippen LogP contribution in [0.5, 0.6) is 0 Å². The summed E-state index contributed by atoms with van der Waals surface area (Å²) in [6.45, 7) is 1.59. The second kappa shape index (κ2) is 17.2. The Labute approximate surface area is 261 Å². The number of carboxylic acids is 1. The average molecular weight is 697 g/mol. The van der Waals surface area contributed by atoms with Gasteiger partial charge in [-0.15, -0.1) is 12.4 Å². The van der Waals surface area contributed by atoms with Gasteiger partial charge in [0.25, 0.3) is 0 Å². The number of aromatic nitrogens is 3. The molecule has 1 aliphatic carbocycles. The number of nitrogens with one attached hydrogen (secondary N) is 2. The second-order valence-electron chi connectivity index (χ2n) is 9.15. The molecule has 2 fully saturated rings. The van der Waals surface area contributed by atoms with Gasteiger partial charge in [-0.2, -0.15) is 15.0 Å². The molecule has 1 aliphatic heterocycles. The lowest BCUT2D eigenvalue weighted by atomic mass is 9.84. The highest BCUT2D eigenvalue weighted by atomic mass is 35.5. The normalized spacial score (nSPS) is 32.5. The second-order valence-corrected chi connectivity index (χ2v) is 15.7. The Kier molecular flexibility index (Phi) is 15.8. The number of hydrogen-bond acceptors (Lipinski definition) is 19. The molecule has 43 heavy (non-hydrogen) atoms. The third kappa shape index (κ3) is 10.8. The van der Waals surface area contributed by atoms with Gasteiger partial charge in [-0.05, 0) is 25.2 Å². The number of nitrogens with zero attached hydrogens (tertiary/aromatic N) is 3. The maximum Gasteiger partial charge on any atom is 0.370 e. The van der Waals surface area contributed by atoms with Crippen LogP contribution in [0.1, 0.15) is 19.2 Å². The number of anilines is 2. The van der Waals surface area contributed by atoms with E-state index in [2.05, 4.69) is 20.3 Å². The van der Waals surface area contributed by atoms with Gasteiger partial charge in [0.2, 0.25) is 23.4 Å². The molecule has 0 radical (unpaired) electrons. The zero-order valence-corrected chi connectivity index (χ0v) is 26.5. The van der Waals surface area contributed by atoms with Crippen LogP contribution >= 0.6 is 29.5 Å². The zero-order chi connectivity index (χ0) is 31.9. The van der Waals surface area contributed by atoms with Crippen LogP contribution in [0.3, 0.4) is 0 Å². The molecule has 0 spiro atoms. The summed E-state index contributed by atoms with van der Waals surface area (Å²) in [7, 11) is 3.01. The van der Waals surface area contributed by atoms with Gasteiger partial charge in [0, 0.05) is 14.2 Å². The molecule has 2 heterocycles. The Bertz CT molecular complexity index is 1090. The van der Waals surface area contributed by atoms with E-state index >= 15 is 0 Å². The van der Waals surface area contributed by atoms with Crippen LogP contribution in [-0.2, 0) is 40.9 Å². The summed E-state index contributed by atoms with van der Waals surface area (Å²) in [4.78, 5) is 22.2. The first-order valence-corrected chi connectivity index (χ1v) is 16.4. The first-order valence-electron chi connectivity index (χ1n) is 12.2. The number of carbonyl (C=O) groups is 1. The van der Waals surface area contributed by atoms with E-state index in [4.69, 9.17) is 58.0 Å². The van der Waals surface area contributed by atoms with E-state index in [0.29, 0.717) is 11.6 Å². The van der Waals surface area contributed by atoms with E-state index in [1.807, 2.05) is 0 Å². The van der Waals surface area contributed by atoms with Crippen LogP contribution in [0.2, 0.25) is 0 Å². The Hall–Kier alpha value is -1.56. The molecule has 0 aromatic carbocycles. The molecule has 19 nitrogen and oxygen atoms in total. The number of nitrogen functional groups attached to an aromatic ring is 2. The smallest absolute Gasteiger partial charge is 0.370 e. The number of aliphatic hydroxyl groups excluding tert-OH is 5. The molecule has 1 aromatic rings. The van der Waals surface area contributed by atoms with Crippen molar-refractivity contribution in [2.75, 3.05) is 25.7 Å². The van der Waals surface area contributed by atoms with E-state index in [9.17, 15) is 30.3 Å². The number of aliphatic hydroxyl groups is 5. The van der Waals surface area contributed by atoms with Crippen molar-refractivity contribution in [1.29, 1.82) is 5.41 Å². The molecule has 0 unspecified atom stereocenters. The van der Waals surface area contributed by atoms with Crippen molar-refractivity contribution in [3.8, 4) is 0 Å². The topological polar surface area (TPSA) is 328 Å². The summed E-state index contributed by atoms with van der Waals surface area (Å²) in [5.41, 5.74) is 14.5. The highest BCUT2D eigenvalue weighted by Crippen LogP contribution is 2.60. The molecule has 2 aliphatic rings. The number of nitrogens with two attached hydrogens (primary N) is 3. The molecular formula is C20H38ClN8O11PS2. The molecule has 3 rings (SSSR count). The van der Waals surface area contributed by atoms with Crippen LogP contribution in [-0.4, -0.2) is 133 Å². The molecule has 1 saturated carbocycles. The Morgan fingerprint density at radius 1 is 1.07 bits per heavy atom. The number of aliphatic carboxylic acids is 1. The van der Waals surface area contributed by atoms with Crippen molar-refractivity contribution in [3.05, 3.63) is 5.82 Å². The standard InChI is InChI=1S/C14H25N3O9.C6H12N5O2PS2.ClH/c1-3-5(17-12(16)13(23)24)2-4(15)14(25-3)26-11-9(21)7(19)6(18)8(20)10(11)22;1-12-14(15,13-2)16-3-4-9-5(7)11-6(8)10-4;/h3-11,14,18-22H,2,15H2,1H3,(H2,16,17)(H,23,24);3H2,1-2H3,(H4,7,8,9,10,11);1H/t3-,4+,5+,6-,7+,8+,9-,10+,11+,14-;;/m1../s1. The van der Waals surface area contributed by atoms with Gasteiger partial charge in [0.05, 0.1) is 23.9 Å². The molecule has 10 atom stereocenters. The highest BCUT2D eigenvalue weighted by molar-refractivity contribution is 8.67. The van der Waals surface area contributed by atoms with Crippen LogP contribution in [0.15, 0.2) is 0 Å². The minimum atomic E-state index is -2.31. The van der Waals surface area contributed by atoms with Gasteiger partial charge in [0.15, 0.2) is 6.29 Å². The number of halogens is 1. The number of amidine groups is 1. The zero-order valence-electron chi connectivity index (χ0n) is 23.2. The number of rotatable bonds is 8. The monoisotopic (exact) mass is 696 g/mol. The van der Waals surface area contributed by atoms with Gasteiger partial charge in [-0.25, -0.2) is 4.79 Å². The van der Waals surface area contributed by atoms with Gasteiger partial charge in [0.1, 0.15) is 42.4 Å². The van der Waals surface area contributed by atoms with Crippen molar-refractivity contribution >= 4 is 65.0 Å². The fraction of sp³-hybridized carbons (Fsp3) is 0.750. The Morgan fingerprint density at radius 3 is 2.02 bits per heavy atom. The molecule has 0 amide bonds. The van der Waals surface area contributed by atoms with Crippen LogP contribution in [0, 0.1) is 5.41 Å². The molecule has 1 aromatic heterocycles. The van der Waals surface area contributed by atoms with Crippen molar-refractivity contribution in [2.45, 2.75) is 80.2 Å². The predicted molar refractivity (Wildman–Crippen MR) is 160 cm³/mol. The minimum absolute atomic E-state index is 0. The highest BCUT2D eigenvalue weighted by Gasteiger charge is 2.51. The van der Waals surface area contributed by atoms with Crippen molar-refractivity contribution in [3.63, 3.8) is 0 Å². The van der Waals surface area contributed by atoms with E-state index < -0.39 is 78.6 Å². The Balaban J connectivity index is 0.000000469. The van der Waals surface area contributed by atoms with Crippen molar-refractivity contribution < 1.29 is 54.0 Å². The molecule has 1 saturated heterocycles. The summed E-state index contributed by atoms with van der Waals surface area (Å²) in [6.07, 6.45) is -11.7. The first kappa shape index (κ1) is 39.5. The molecular weight excluding hydrogens is 659 g/mol. The lowest BCUT2D eigenvalue weighted by Crippen LogP contribution is -2.66. The summed E-state index contributed by atoms with van der Waals surface area (Å²) in [6, 6.07) is -1.39. The molecule has 14 N–H and O–H groups in total. The fourth-order valence-corrected chi connectivity index (χ4v) is 6.60. The van der Waals surface area contributed by atoms with Gasteiger partial charge in [-0.1, -0.05) is 11.4 Å². The van der Waals surface area contributed by atoms with Gasteiger partial charge < -0.3 is 71.7 Å².